The van der Waals surface area contributed by atoms with Gasteiger partial charge in [0.05, 0.1) is 14.1 Å². The Kier molecular flexibility index (Phi) is 4.54. The number of hydrogen-bond donors (Lipinski definition) is 0. The summed E-state index contributed by atoms with van der Waals surface area (Å²) in [6, 6.07) is 6.41. The molecule has 0 radical (unpaired) electrons. The Hall–Kier alpha value is -1.99. The molecule has 0 N–H and O–H groups in total. The Morgan fingerprint density at radius 3 is 2.71 bits per heavy atom. The summed E-state index contributed by atoms with van der Waals surface area (Å²) < 4.78 is 19.3. The molecule has 0 saturated carbocycles. The summed E-state index contributed by atoms with van der Waals surface area (Å²) >= 11 is 6.80. The number of nitro groups is 1. The molecule has 1 aromatic heterocycles. The van der Waals surface area contributed by atoms with Gasteiger partial charge in [0.15, 0.2) is 11.9 Å². The number of carbonyl (C=O) groups is 1. The van der Waals surface area contributed by atoms with Gasteiger partial charge in [0.25, 0.3) is 0 Å². The number of rotatable bonds is 5. The second kappa shape index (κ2) is 6.19. The number of nitrogens with zero attached hydrogens (tertiary/aromatic N) is 1. The molecule has 0 aliphatic heterocycles. The van der Waals surface area contributed by atoms with E-state index in [1.165, 1.54) is 19.1 Å². The monoisotopic (exact) mass is 329 g/mol. The molecule has 0 bridgehead atoms. The van der Waals surface area contributed by atoms with Crippen molar-refractivity contribution in [1.29, 1.82) is 0 Å². The lowest BCUT2D eigenvalue weighted by Crippen LogP contribution is -2.24. The van der Waals surface area contributed by atoms with E-state index in [2.05, 4.69) is 0 Å². The number of hydrogen-bond acceptors (Lipinski definition) is 5. The van der Waals surface area contributed by atoms with Crippen molar-refractivity contribution in [3.63, 3.8) is 0 Å². The van der Waals surface area contributed by atoms with Gasteiger partial charge in [0, 0.05) is 6.07 Å². The number of ketones is 1. The van der Waals surface area contributed by atoms with Gasteiger partial charge in [0.1, 0.15) is 0 Å². The van der Waals surface area contributed by atoms with Crippen LogP contribution in [0.4, 0.5) is 10.1 Å². The van der Waals surface area contributed by atoms with Crippen molar-refractivity contribution in [3.05, 3.63) is 55.5 Å². The number of halogens is 2. The highest BCUT2D eigenvalue weighted by atomic mass is 35.5. The van der Waals surface area contributed by atoms with E-state index in [0.29, 0.717) is 9.21 Å². The standard InChI is InChI=1S/C13H9ClFNO4S/c1-7(12(17)10-5-6-11(14)21-10)20-13-8(15)3-2-4-9(13)16(18)19/h2-7H,1H3. The fourth-order valence-corrected chi connectivity index (χ4v) is 2.70. The number of nitro benzene ring substituents is 1. The number of ether oxygens (including phenoxy) is 1. The van der Waals surface area contributed by atoms with Crippen molar-refractivity contribution in [2.24, 2.45) is 0 Å². The smallest absolute Gasteiger partial charge is 0.314 e. The molecule has 1 heterocycles. The average molecular weight is 330 g/mol. The zero-order valence-corrected chi connectivity index (χ0v) is 12.3. The summed E-state index contributed by atoms with van der Waals surface area (Å²) in [5.41, 5.74) is -0.529. The van der Waals surface area contributed by atoms with Crippen LogP contribution >= 0.6 is 22.9 Å². The Balaban J connectivity index is 2.26. The second-order valence-corrected chi connectivity index (χ2v) is 5.79. The Labute approximate surface area is 128 Å². The Morgan fingerprint density at radius 2 is 2.14 bits per heavy atom. The molecule has 8 heteroatoms. The minimum atomic E-state index is -1.07. The fraction of sp³-hybridized carbons (Fsp3) is 0.154. The molecule has 1 aromatic carbocycles. The van der Waals surface area contributed by atoms with Gasteiger partial charge in [-0.3, -0.25) is 14.9 Å². The number of Topliss-reactive ketones (excluding diaryl/α,β-unsaturated/α-hetero) is 1. The van der Waals surface area contributed by atoms with Crippen LogP contribution in [0.5, 0.6) is 5.75 Å². The van der Waals surface area contributed by atoms with Gasteiger partial charge >= 0.3 is 5.69 Å². The third-order valence-corrected chi connectivity index (χ3v) is 3.87. The van der Waals surface area contributed by atoms with E-state index >= 15 is 0 Å². The fourth-order valence-electron chi connectivity index (χ4n) is 1.64. The van der Waals surface area contributed by atoms with E-state index in [1.807, 2.05) is 0 Å². The van der Waals surface area contributed by atoms with Crippen molar-refractivity contribution in [2.75, 3.05) is 0 Å². The lowest BCUT2D eigenvalue weighted by molar-refractivity contribution is -0.386. The molecule has 0 fully saturated rings. The first-order valence-electron chi connectivity index (χ1n) is 5.79. The molecule has 0 aliphatic rings. The van der Waals surface area contributed by atoms with Gasteiger partial charge in [0.2, 0.25) is 11.5 Å². The average Bonchev–Trinajstić information content (AvgIpc) is 2.86. The molecule has 0 aliphatic carbocycles. The molecule has 1 atom stereocenters. The molecule has 1 unspecified atom stereocenters. The zero-order chi connectivity index (χ0) is 15.6. The summed E-state index contributed by atoms with van der Waals surface area (Å²) in [6.07, 6.45) is -1.07. The van der Waals surface area contributed by atoms with Crippen LogP contribution in [0, 0.1) is 15.9 Å². The van der Waals surface area contributed by atoms with E-state index in [1.54, 1.807) is 6.07 Å². The van der Waals surface area contributed by atoms with Crippen LogP contribution in [-0.4, -0.2) is 16.8 Å². The van der Waals surface area contributed by atoms with Gasteiger partial charge in [-0.25, -0.2) is 4.39 Å². The molecule has 0 spiro atoms. The van der Waals surface area contributed by atoms with Gasteiger partial charge in [-0.2, -0.15) is 0 Å². The molecule has 5 nitrogen and oxygen atoms in total. The van der Waals surface area contributed by atoms with Gasteiger partial charge < -0.3 is 4.74 Å². The molecule has 2 aromatic rings. The van der Waals surface area contributed by atoms with Crippen LogP contribution < -0.4 is 4.74 Å². The Bertz CT molecular complexity index is 703. The van der Waals surface area contributed by atoms with E-state index < -0.39 is 34.1 Å². The first-order chi connectivity index (χ1) is 9.90. The lowest BCUT2D eigenvalue weighted by Gasteiger charge is -2.13. The first kappa shape index (κ1) is 15.4. The number of benzene rings is 1. The summed E-state index contributed by atoms with van der Waals surface area (Å²) in [6.45, 7) is 1.39. The van der Waals surface area contributed by atoms with Crippen LogP contribution in [0.15, 0.2) is 30.3 Å². The van der Waals surface area contributed by atoms with Gasteiger partial charge in [-0.15, -0.1) is 11.3 Å². The summed E-state index contributed by atoms with van der Waals surface area (Å²) in [5, 5.41) is 10.9. The van der Waals surface area contributed by atoms with E-state index in [4.69, 9.17) is 16.3 Å². The van der Waals surface area contributed by atoms with Gasteiger partial charge in [-0.1, -0.05) is 17.7 Å². The minimum absolute atomic E-state index is 0.339. The van der Waals surface area contributed by atoms with Crippen molar-refractivity contribution in [1.82, 2.24) is 0 Å². The topological polar surface area (TPSA) is 69.4 Å². The second-order valence-electron chi connectivity index (χ2n) is 4.07. The highest BCUT2D eigenvalue weighted by Gasteiger charge is 2.25. The highest BCUT2D eigenvalue weighted by molar-refractivity contribution is 7.18. The molecular formula is C13H9ClFNO4S. The number of carbonyl (C=O) groups excluding carboxylic acids is 1. The van der Waals surface area contributed by atoms with Crippen molar-refractivity contribution in [2.45, 2.75) is 13.0 Å². The first-order valence-corrected chi connectivity index (χ1v) is 6.98. The molecular weight excluding hydrogens is 321 g/mol. The van der Waals surface area contributed by atoms with E-state index in [-0.39, 0.29) is 0 Å². The maximum Gasteiger partial charge on any atom is 0.314 e. The summed E-state index contributed by atoms with van der Waals surface area (Å²) in [5.74, 6) is -1.87. The number of para-hydroxylation sites is 1. The SMILES string of the molecule is CC(Oc1c(F)cccc1[N+](=O)[O-])C(=O)c1ccc(Cl)s1. The largest absolute Gasteiger partial charge is 0.473 e. The van der Waals surface area contributed by atoms with E-state index in [0.717, 1.165) is 23.5 Å². The van der Waals surface area contributed by atoms with Crippen LogP contribution in [0.2, 0.25) is 4.34 Å². The van der Waals surface area contributed by atoms with Crippen molar-refractivity contribution < 1.29 is 18.8 Å². The van der Waals surface area contributed by atoms with Crippen LogP contribution in [0.25, 0.3) is 0 Å². The maximum atomic E-state index is 13.7. The third-order valence-electron chi connectivity index (χ3n) is 2.62. The van der Waals surface area contributed by atoms with Crippen molar-refractivity contribution in [3.8, 4) is 5.75 Å². The molecule has 110 valence electrons. The third kappa shape index (κ3) is 3.37. The molecule has 2 rings (SSSR count). The van der Waals surface area contributed by atoms with Gasteiger partial charge in [-0.05, 0) is 25.1 Å². The summed E-state index contributed by atoms with van der Waals surface area (Å²) in [4.78, 5) is 22.5. The van der Waals surface area contributed by atoms with Crippen molar-refractivity contribution >= 4 is 34.4 Å². The van der Waals surface area contributed by atoms with Crippen LogP contribution in [0.1, 0.15) is 16.6 Å². The lowest BCUT2D eigenvalue weighted by atomic mass is 10.2. The summed E-state index contributed by atoms with van der Waals surface area (Å²) in [7, 11) is 0. The highest BCUT2D eigenvalue weighted by Crippen LogP contribution is 2.31. The normalized spacial score (nSPS) is 12.0. The maximum absolute atomic E-state index is 13.7. The molecule has 0 amide bonds. The molecule has 0 saturated heterocycles. The van der Waals surface area contributed by atoms with Crippen LogP contribution in [-0.2, 0) is 0 Å². The quantitative estimate of drug-likeness (QED) is 0.470. The molecule has 21 heavy (non-hydrogen) atoms. The van der Waals surface area contributed by atoms with E-state index in [9.17, 15) is 19.3 Å². The Morgan fingerprint density at radius 1 is 1.43 bits per heavy atom. The minimum Gasteiger partial charge on any atom is -0.473 e. The zero-order valence-electron chi connectivity index (χ0n) is 10.7. The number of thiophene rings is 1. The van der Waals surface area contributed by atoms with Crippen LogP contribution in [0.3, 0.4) is 0 Å². The predicted molar refractivity (Wildman–Crippen MR) is 76.8 cm³/mol. The predicted octanol–water partition coefficient (Wildman–Crippen LogP) is 4.10.